The average Bonchev–Trinajstić information content (AvgIpc) is 2.92. The van der Waals surface area contributed by atoms with Gasteiger partial charge in [0.1, 0.15) is 5.82 Å². The summed E-state index contributed by atoms with van der Waals surface area (Å²) in [4.78, 5) is 0. The highest BCUT2D eigenvalue weighted by Gasteiger charge is 2.06. The molecule has 4 aromatic carbocycles. The molecule has 0 saturated heterocycles. The van der Waals surface area contributed by atoms with Crippen molar-refractivity contribution in [3.63, 3.8) is 0 Å². The van der Waals surface area contributed by atoms with Crippen LogP contribution in [0.3, 0.4) is 0 Å². The first kappa shape index (κ1) is 25.5. The van der Waals surface area contributed by atoms with Crippen LogP contribution in [0.2, 0.25) is 0 Å². The van der Waals surface area contributed by atoms with Crippen molar-refractivity contribution in [2.24, 2.45) is 0 Å². The highest BCUT2D eigenvalue weighted by atomic mass is 19.1. The Bertz CT molecular complexity index is 1350. The molecular formula is C35H35F. The SMILES string of the molecule is C=CCCc1ccc2c(F)c(C#Cc3ccc(CCc4ccc(CCCCC)cc4)cc3)ccc2c1. The molecule has 0 heterocycles. The maximum absolute atomic E-state index is 15.1. The van der Waals surface area contributed by atoms with Gasteiger partial charge in [-0.1, -0.05) is 98.3 Å². The molecule has 0 aliphatic heterocycles. The largest absolute Gasteiger partial charge is 0.205 e. The standard InChI is InChI=1S/C35H35F/c1-3-5-7-9-27-10-12-28(13-11-27)14-15-29-16-18-30(19-17-29)20-22-32-23-24-33-26-31(8-6-4-2)21-25-34(33)35(32)36/h4,10-13,16-19,21,23-26H,2-3,5-9,14-15H2,1H3. The van der Waals surface area contributed by atoms with Crippen molar-refractivity contribution in [1.29, 1.82) is 0 Å². The summed E-state index contributed by atoms with van der Waals surface area (Å²) < 4.78 is 15.1. The molecule has 0 fully saturated rings. The third-order valence-electron chi connectivity index (χ3n) is 6.75. The highest BCUT2D eigenvalue weighted by molar-refractivity contribution is 5.85. The number of hydrogen-bond acceptors (Lipinski definition) is 0. The minimum Gasteiger partial charge on any atom is -0.205 e. The van der Waals surface area contributed by atoms with Crippen molar-refractivity contribution in [3.05, 3.63) is 131 Å². The minimum absolute atomic E-state index is 0.247. The van der Waals surface area contributed by atoms with E-state index < -0.39 is 0 Å². The molecule has 0 unspecified atom stereocenters. The summed E-state index contributed by atoms with van der Waals surface area (Å²) in [5.74, 6) is 5.92. The summed E-state index contributed by atoms with van der Waals surface area (Å²) in [6, 6.07) is 27.1. The molecule has 0 nitrogen and oxygen atoms in total. The lowest BCUT2D eigenvalue weighted by atomic mass is 10.0. The molecule has 0 aliphatic rings. The topological polar surface area (TPSA) is 0 Å². The second-order valence-corrected chi connectivity index (χ2v) is 9.53. The Balaban J connectivity index is 1.36. The molecule has 182 valence electrons. The third-order valence-corrected chi connectivity index (χ3v) is 6.75. The van der Waals surface area contributed by atoms with E-state index in [2.05, 4.69) is 67.8 Å². The second kappa shape index (κ2) is 12.9. The van der Waals surface area contributed by atoms with Gasteiger partial charge in [0.15, 0.2) is 0 Å². The van der Waals surface area contributed by atoms with Crippen molar-refractivity contribution in [2.75, 3.05) is 0 Å². The van der Waals surface area contributed by atoms with Crippen LogP contribution < -0.4 is 0 Å². The number of aryl methyl sites for hydroxylation is 4. The summed E-state index contributed by atoms with van der Waals surface area (Å²) in [6.45, 7) is 6.02. The fraction of sp³-hybridized carbons (Fsp3) is 0.257. The smallest absolute Gasteiger partial charge is 0.146 e. The monoisotopic (exact) mass is 474 g/mol. The molecule has 0 bridgehead atoms. The number of halogens is 1. The molecule has 4 aromatic rings. The first-order valence-electron chi connectivity index (χ1n) is 13.2. The Hall–Kier alpha value is -3.63. The molecule has 36 heavy (non-hydrogen) atoms. The lowest BCUT2D eigenvalue weighted by molar-refractivity contribution is 0.636. The lowest BCUT2D eigenvalue weighted by Crippen LogP contribution is -1.93. The van der Waals surface area contributed by atoms with Crippen molar-refractivity contribution >= 4 is 10.8 Å². The van der Waals surface area contributed by atoms with Gasteiger partial charge in [-0.05, 0) is 84.4 Å². The Labute approximate surface area is 215 Å². The maximum Gasteiger partial charge on any atom is 0.146 e. The minimum atomic E-state index is -0.247. The third kappa shape index (κ3) is 6.96. The van der Waals surface area contributed by atoms with Crippen molar-refractivity contribution in [1.82, 2.24) is 0 Å². The van der Waals surface area contributed by atoms with E-state index in [1.165, 1.54) is 47.9 Å². The van der Waals surface area contributed by atoms with Gasteiger partial charge in [0, 0.05) is 10.9 Å². The Kier molecular flexibility index (Phi) is 9.12. The highest BCUT2D eigenvalue weighted by Crippen LogP contribution is 2.23. The summed E-state index contributed by atoms with van der Waals surface area (Å²) in [7, 11) is 0. The first-order chi connectivity index (χ1) is 17.7. The van der Waals surface area contributed by atoms with Crippen molar-refractivity contribution in [3.8, 4) is 11.8 Å². The quantitative estimate of drug-likeness (QED) is 0.122. The molecule has 0 aliphatic carbocycles. The van der Waals surface area contributed by atoms with Crippen LogP contribution in [-0.4, -0.2) is 0 Å². The van der Waals surface area contributed by atoms with E-state index in [0.29, 0.717) is 10.9 Å². The molecule has 0 spiro atoms. The average molecular weight is 475 g/mol. The number of allylic oxidation sites excluding steroid dienone is 1. The van der Waals surface area contributed by atoms with Crippen LogP contribution in [0.25, 0.3) is 10.8 Å². The van der Waals surface area contributed by atoms with Gasteiger partial charge in [-0.25, -0.2) is 4.39 Å². The van der Waals surface area contributed by atoms with Crippen molar-refractivity contribution < 1.29 is 4.39 Å². The lowest BCUT2D eigenvalue weighted by Gasteiger charge is -2.05. The van der Waals surface area contributed by atoms with Crippen LogP contribution in [-0.2, 0) is 25.7 Å². The predicted molar refractivity (Wildman–Crippen MR) is 152 cm³/mol. The fourth-order valence-corrected chi connectivity index (χ4v) is 4.50. The molecule has 0 N–H and O–H groups in total. The second-order valence-electron chi connectivity index (χ2n) is 9.53. The van der Waals surface area contributed by atoms with E-state index in [0.717, 1.165) is 36.6 Å². The van der Waals surface area contributed by atoms with Gasteiger partial charge in [0.25, 0.3) is 0 Å². The van der Waals surface area contributed by atoms with Gasteiger partial charge in [-0.2, -0.15) is 0 Å². The molecular weight excluding hydrogens is 439 g/mol. The zero-order chi connectivity index (χ0) is 25.2. The summed E-state index contributed by atoms with van der Waals surface area (Å²) in [5.41, 5.74) is 6.62. The zero-order valence-electron chi connectivity index (χ0n) is 21.3. The van der Waals surface area contributed by atoms with Crippen LogP contribution in [0.15, 0.2) is 91.5 Å². The Morgan fingerprint density at radius 2 is 1.33 bits per heavy atom. The van der Waals surface area contributed by atoms with E-state index in [4.69, 9.17) is 0 Å². The van der Waals surface area contributed by atoms with Gasteiger partial charge in [0.2, 0.25) is 0 Å². The fourth-order valence-electron chi connectivity index (χ4n) is 4.50. The number of hydrogen-bond donors (Lipinski definition) is 0. The van der Waals surface area contributed by atoms with Crippen LogP contribution >= 0.6 is 0 Å². The van der Waals surface area contributed by atoms with Crippen LogP contribution in [0.1, 0.15) is 66.0 Å². The predicted octanol–water partition coefficient (Wildman–Crippen LogP) is 9.02. The molecule has 0 amide bonds. The van der Waals surface area contributed by atoms with Gasteiger partial charge < -0.3 is 0 Å². The van der Waals surface area contributed by atoms with Gasteiger partial charge in [-0.3, -0.25) is 0 Å². The molecule has 0 atom stereocenters. The van der Waals surface area contributed by atoms with E-state index >= 15 is 4.39 Å². The number of fused-ring (bicyclic) bond motifs is 1. The van der Waals surface area contributed by atoms with Gasteiger partial charge in [0.05, 0.1) is 5.56 Å². The summed E-state index contributed by atoms with van der Waals surface area (Å²) in [6.07, 6.45) is 10.8. The van der Waals surface area contributed by atoms with E-state index in [1.807, 2.05) is 36.4 Å². The van der Waals surface area contributed by atoms with Gasteiger partial charge >= 0.3 is 0 Å². The van der Waals surface area contributed by atoms with E-state index in [9.17, 15) is 0 Å². The molecule has 0 aromatic heterocycles. The zero-order valence-corrected chi connectivity index (χ0v) is 21.3. The molecule has 0 radical (unpaired) electrons. The molecule has 4 rings (SSSR count). The van der Waals surface area contributed by atoms with E-state index in [-0.39, 0.29) is 5.82 Å². The van der Waals surface area contributed by atoms with Crippen LogP contribution in [0, 0.1) is 17.7 Å². The van der Waals surface area contributed by atoms with E-state index in [1.54, 1.807) is 6.07 Å². The number of unbranched alkanes of at least 4 members (excludes halogenated alkanes) is 2. The Morgan fingerprint density at radius 1 is 0.694 bits per heavy atom. The normalized spacial score (nSPS) is 10.7. The number of rotatable bonds is 10. The Morgan fingerprint density at radius 3 is 2.00 bits per heavy atom. The summed E-state index contributed by atoms with van der Waals surface area (Å²) >= 11 is 0. The summed E-state index contributed by atoms with van der Waals surface area (Å²) in [5, 5.41) is 1.53. The van der Waals surface area contributed by atoms with Crippen LogP contribution in [0.4, 0.5) is 4.39 Å². The molecule has 0 saturated carbocycles. The first-order valence-corrected chi connectivity index (χ1v) is 13.2. The number of benzene rings is 4. The van der Waals surface area contributed by atoms with Gasteiger partial charge in [-0.15, -0.1) is 6.58 Å². The molecule has 1 heteroatoms. The van der Waals surface area contributed by atoms with Crippen molar-refractivity contribution in [2.45, 2.75) is 58.3 Å². The maximum atomic E-state index is 15.1. The van der Waals surface area contributed by atoms with Crippen LogP contribution in [0.5, 0.6) is 0 Å².